The lowest BCUT2D eigenvalue weighted by Gasteiger charge is -1.98. The van der Waals surface area contributed by atoms with Crippen molar-refractivity contribution in [2.75, 3.05) is 0 Å². The molecule has 0 aliphatic carbocycles. The summed E-state index contributed by atoms with van der Waals surface area (Å²) < 4.78 is 5.06. The Morgan fingerprint density at radius 3 is 2.50 bits per heavy atom. The van der Waals surface area contributed by atoms with Crippen LogP contribution in [0.4, 0.5) is 0 Å². The number of hydrogen-bond donors (Lipinski definition) is 0. The molecule has 0 saturated carbocycles. The number of carbonyl (C=O) groups is 1. The van der Waals surface area contributed by atoms with E-state index >= 15 is 0 Å². The third-order valence-electron chi connectivity index (χ3n) is 1.61. The third-order valence-corrected chi connectivity index (χ3v) is 1.61. The molecule has 0 bridgehead atoms. The molecule has 2 nitrogen and oxygen atoms in total. The molecule has 0 N–H and O–H groups in total. The van der Waals surface area contributed by atoms with Gasteiger partial charge < -0.3 is 4.74 Å². The molecule has 0 radical (unpaired) electrons. The van der Waals surface area contributed by atoms with Gasteiger partial charge in [0.15, 0.2) is 5.78 Å². The Bertz CT molecular complexity index is 347. The fraction of sp³-hybridized carbons (Fsp3) is 0.0833. The van der Waals surface area contributed by atoms with Gasteiger partial charge in [0.1, 0.15) is 5.75 Å². The van der Waals surface area contributed by atoms with Crippen molar-refractivity contribution in [3.8, 4) is 5.75 Å². The highest BCUT2D eigenvalue weighted by Gasteiger charge is 1.90. The molecule has 0 saturated heterocycles. The highest BCUT2D eigenvalue weighted by atomic mass is 16.5. The third kappa shape index (κ3) is 3.27. The summed E-state index contributed by atoms with van der Waals surface area (Å²) in [5.74, 6) is 0.774. The average Bonchev–Trinajstić information content (AvgIpc) is 2.17. The van der Waals surface area contributed by atoms with Crippen molar-refractivity contribution < 1.29 is 9.53 Å². The normalized spacial score (nSPS) is 10.1. The number of rotatable bonds is 4. The summed E-state index contributed by atoms with van der Waals surface area (Å²) in [5, 5.41) is 0. The number of carbonyl (C=O) groups excluding carboxylic acids is 1. The first-order valence-corrected chi connectivity index (χ1v) is 4.28. The minimum absolute atomic E-state index is 0.0384. The van der Waals surface area contributed by atoms with Gasteiger partial charge in [-0.3, -0.25) is 4.79 Å². The molecule has 0 unspecified atom stereocenters. The van der Waals surface area contributed by atoms with Gasteiger partial charge in [0.25, 0.3) is 0 Å². The lowest BCUT2D eigenvalue weighted by Crippen LogP contribution is -1.82. The maximum Gasteiger partial charge on any atom is 0.152 e. The molecule has 14 heavy (non-hydrogen) atoms. The van der Waals surface area contributed by atoms with E-state index in [-0.39, 0.29) is 5.78 Å². The Balaban J connectivity index is 2.73. The van der Waals surface area contributed by atoms with Crippen molar-refractivity contribution in [3.63, 3.8) is 0 Å². The summed E-state index contributed by atoms with van der Waals surface area (Å²) in [6.45, 7) is 4.98. The van der Waals surface area contributed by atoms with Crippen molar-refractivity contribution >= 4 is 11.9 Å². The Kier molecular flexibility index (Phi) is 3.68. The van der Waals surface area contributed by atoms with Crippen molar-refractivity contribution in [2.45, 2.75) is 6.92 Å². The van der Waals surface area contributed by atoms with Gasteiger partial charge in [0.2, 0.25) is 0 Å². The summed E-state index contributed by atoms with van der Waals surface area (Å²) in [6, 6.07) is 7.39. The van der Waals surface area contributed by atoms with Crippen molar-refractivity contribution in [1.82, 2.24) is 0 Å². The largest absolute Gasteiger partial charge is 0.466 e. The molecule has 2 heteroatoms. The van der Waals surface area contributed by atoms with E-state index in [1.807, 2.05) is 24.3 Å². The van der Waals surface area contributed by atoms with Crippen molar-refractivity contribution in [3.05, 3.63) is 48.7 Å². The standard InChI is InChI=1S/C12H12O2/c1-3-14-12-8-6-11(7-9-12)5-4-10(2)13/h3-9H,1H2,2H3. The van der Waals surface area contributed by atoms with Gasteiger partial charge in [0.05, 0.1) is 6.26 Å². The molecule has 0 spiro atoms. The quantitative estimate of drug-likeness (QED) is 0.536. The van der Waals surface area contributed by atoms with Gasteiger partial charge in [-0.05, 0) is 30.7 Å². The van der Waals surface area contributed by atoms with E-state index in [9.17, 15) is 4.79 Å². The van der Waals surface area contributed by atoms with Crippen molar-refractivity contribution in [1.29, 1.82) is 0 Å². The molecule has 0 heterocycles. The molecule has 0 atom stereocenters. The number of benzene rings is 1. The van der Waals surface area contributed by atoms with E-state index in [2.05, 4.69) is 6.58 Å². The van der Waals surface area contributed by atoms with Crippen molar-refractivity contribution in [2.24, 2.45) is 0 Å². The minimum atomic E-state index is 0.0384. The van der Waals surface area contributed by atoms with E-state index in [1.165, 1.54) is 19.3 Å². The Hall–Kier alpha value is -1.83. The molecule has 72 valence electrons. The van der Waals surface area contributed by atoms with Crippen LogP contribution in [0, 0.1) is 0 Å². The molecule has 0 aliphatic rings. The zero-order chi connectivity index (χ0) is 10.4. The monoisotopic (exact) mass is 188 g/mol. The molecule has 0 aliphatic heterocycles. The SMILES string of the molecule is C=COc1ccc(C=CC(C)=O)cc1. The van der Waals surface area contributed by atoms with Crippen LogP contribution in [0.15, 0.2) is 43.2 Å². The van der Waals surface area contributed by atoms with Gasteiger partial charge in [-0.2, -0.15) is 0 Å². The average molecular weight is 188 g/mol. The second-order valence-electron chi connectivity index (χ2n) is 2.80. The molecule has 1 aromatic carbocycles. The highest BCUT2D eigenvalue weighted by Crippen LogP contribution is 2.13. The predicted octanol–water partition coefficient (Wildman–Crippen LogP) is 2.81. The molecule has 0 fully saturated rings. The number of ketones is 1. The number of hydrogen-bond acceptors (Lipinski definition) is 2. The van der Waals surface area contributed by atoms with Gasteiger partial charge in [-0.25, -0.2) is 0 Å². The molecule has 0 aromatic heterocycles. The fourth-order valence-electron chi connectivity index (χ4n) is 0.967. The Morgan fingerprint density at radius 2 is 2.00 bits per heavy atom. The molecule has 0 amide bonds. The van der Waals surface area contributed by atoms with E-state index < -0.39 is 0 Å². The second kappa shape index (κ2) is 5.02. The lowest BCUT2D eigenvalue weighted by molar-refractivity contribution is -0.112. The van der Waals surface area contributed by atoms with Gasteiger partial charge in [-0.15, -0.1) is 0 Å². The topological polar surface area (TPSA) is 26.3 Å². The maximum atomic E-state index is 10.7. The number of allylic oxidation sites excluding steroid dienone is 1. The second-order valence-corrected chi connectivity index (χ2v) is 2.80. The molecular formula is C12H12O2. The number of ether oxygens (including phenoxy) is 1. The molecular weight excluding hydrogens is 176 g/mol. The van der Waals surface area contributed by atoms with Crippen LogP contribution in [0.25, 0.3) is 6.08 Å². The van der Waals surface area contributed by atoms with Gasteiger partial charge in [-0.1, -0.05) is 24.8 Å². The first-order chi connectivity index (χ1) is 6.72. The van der Waals surface area contributed by atoms with Crippen LogP contribution in [-0.2, 0) is 4.79 Å². The van der Waals surface area contributed by atoms with E-state index in [0.717, 1.165) is 11.3 Å². The zero-order valence-electron chi connectivity index (χ0n) is 8.07. The smallest absolute Gasteiger partial charge is 0.152 e. The van der Waals surface area contributed by atoms with Crippen LogP contribution in [0.2, 0.25) is 0 Å². The van der Waals surface area contributed by atoms with Gasteiger partial charge in [0, 0.05) is 0 Å². The van der Waals surface area contributed by atoms with Crippen LogP contribution < -0.4 is 4.74 Å². The Morgan fingerprint density at radius 1 is 1.36 bits per heavy atom. The zero-order valence-corrected chi connectivity index (χ0v) is 8.07. The first kappa shape index (κ1) is 10.3. The summed E-state index contributed by atoms with van der Waals surface area (Å²) >= 11 is 0. The first-order valence-electron chi connectivity index (χ1n) is 4.28. The van der Waals surface area contributed by atoms with Crippen LogP contribution in [0.1, 0.15) is 12.5 Å². The summed E-state index contributed by atoms with van der Waals surface area (Å²) in [4.78, 5) is 10.7. The maximum absolute atomic E-state index is 10.7. The summed E-state index contributed by atoms with van der Waals surface area (Å²) in [5.41, 5.74) is 0.969. The molecule has 1 rings (SSSR count). The van der Waals surface area contributed by atoms with Crippen LogP contribution in [-0.4, -0.2) is 5.78 Å². The van der Waals surface area contributed by atoms with E-state index in [4.69, 9.17) is 4.74 Å². The highest BCUT2D eigenvalue weighted by molar-refractivity contribution is 5.91. The Labute approximate surface area is 83.5 Å². The van der Waals surface area contributed by atoms with Gasteiger partial charge >= 0.3 is 0 Å². The fourth-order valence-corrected chi connectivity index (χ4v) is 0.967. The van der Waals surface area contributed by atoms with Crippen LogP contribution in [0.3, 0.4) is 0 Å². The van der Waals surface area contributed by atoms with Crippen LogP contribution >= 0.6 is 0 Å². The molecule has 1 aromatic rings. The lowest BCUT2D eigenvalue weighted by atomic mass is 10.2. The van der Waals surface area contributed by atoms with E-state index in [0.29, 0.717) is 0 Å². The van der Waals surface area contributed by atoms with Crippen LogP contribution in [0.5, 0.6) is 5.75 Å². The van der Waals surface area contributed by atoms with E-state index in [1.54, 1.807) is 6.08 Å². The summed E-state index contributed by atoms with van der Waals surface area (Å²) in [6.07, 6.45) is 4.67. The minimum Gasteiger partial charge on any atom is -0.466 e. The predicted molar refractivity (Wildman–Crippen MR) is 57.0 cm³/mol. The summed E-state index contributed by atoms with van der Waals surface area (Å²) in [7, 11) is 0.